The molecule has 1 heterocycles. The van der Waals surface area contributed by atoms with Gasteiger partial charge in [-0.1, -0.05) is 35.6 Å². The molecule has 1 aromatic heterocycles. The minimum atomic E-state index is -0.110. The highest BCUT2D eigenvalue weighted by Crippen LogP contribution is 2.36. The third-order valence-corrected chi connectivity index (χ3v) is 5.60. The van der Waals surface area contributed by atoms with Crippen molar-refractivity contribution in [2.24, 2.45) is 0 Å². The molecule has 1 N–H and O–H groups in total. The molecule has 0 saturated heterocycles. The molecular weight excluding hydrogens is 374 g/mol. The molecule has 6 nitrogen and oxygen atoms in total. The minimum absolute atomic E-state index is 0.0290. The first-order valence-electron chi connectivity index (χ1n) is 9.21. The van der Waals surface area contributed by atoms with E-state index < -0.39 is 0 Å². The summed E-state index contributed by atoms with van der Waals surface area (Å²) in [6.45, 7) is 3.39. The Morgan fingerprint density at radius 1 is 1.18 bits per heavy atom. The van der Waals surface area contributed by atoms with E-state index in [0.29, 0.717) is 23.2 Å². The van der Waals surface area contributed by atoms with Crippen molar-refractivity contribution < 1.29 is 19.2 Å². The molecule has 0 bridgehead atoms. The molecule has 2 aromatic carbocycles. The van der Waals surface area contributed by atoms with Crippen molar-refractivity contribution in [2.75, 3.05) is 45.8 Å². The molecule has 148 valence electrons. The van der Waals surface area contributed by atoms with Gasteiger partial charge in [-0.3, -0.25) is 9.69 Å². The predicted molar refractivity (Wildman–Crippen MR) is 113 cm³/mol. The molecule has 28 heavy (non-hydrogen) atoms. The summed E-state index contributed by atoms with van der Waals surface area (Å²) in [4.78, 5) is 20.7. The smallest absolute Gasteiger partial charge is 0.266 e. The van der Waals surface area contributed by atoms with Crippen molar-refractivity contribution in [1.82, 2.24) is 4.98 Å². The Bertz CT molecular complexity index is 941. The Hall–Kier alpha value is -2.64. The van der Waals surface area contributed by atoms with Gasteiger partial charge in [0.05, 0.1) is 39.0 Å². The van der Waals surface area contributed by atoms with Gasteiger partial charge in [0.1, 0.15) is 17.0 Å². The molecule has 0 unspecified atom stereocenters. The number of quaternary nitrogens is 1. The number of hydrogen-bond acceptors (Lipinski definition) is 5. The summed E-state index contributed by atoms with van der Waals surface area (Å²) in [7, 11) is 5.76. The van der Waals surface area contributed by atoms with Crippen molar-refractivity contribution in [1.29, 1.82) is 0 Å². The molecule has 7 heteroatoms. The van der Waals surface area contributed by atoms with Crippen molar-refractivity contribution in [3.8, 4) is 11.5 Å². The first-order valence-corrected chi connectivity index (χ1v) is 10.0. The number of para-hydroxylation sites is 1. The molecule has 0 aliphatic rings. The molecular formula is C21H26N3O3S+. The Kier molecular flexibility index (Phi) is 6.49. The number of carbonyl (C=O) groups excluding carboxylic acids is 1. The van der Waals surface area contributed by atoms with Crippen LogP contribution in [0.1, 0.15) is 5.56 Å². The number of aryl methyl sites for hydroxylation is 1. The van der Waals surface area contributed by atoms with Gasteiger partial charge in [0.2, 0.25) is 0 Å². The average Bonchev–Trinajstić information content (AvgIpc) is 3.13. The highest BCUT2D eigenvalue weighted by atomic mass is 32.1. The van der Waals surface area contributed by atoms with Crippen molar-refractivity contribution >= 4 is 32.6 Å². The molecule has 0 saturated carbocycles. The number of nitrogens with zero attached hydrogens (tertiary/aromatic N) is 2. The van der Waals surface area contributed by atoms with Crippen LogP contribution < -0.4 is 19.3 Å². The van der Waals surface area contributed by atoms with E-state index in [-0.39, 0.29) is 12.5 Å². The molecule has 3 rings (SSSR count). The topological polar surface area (TPSA) is 56.1 Å². The van der Waals surface area contributed by atoms with Gasteiger partial charge in [-0.05, 0) is 30.7 Å². The average molecular weight is 401 g/mol. The molecule has 0 atom stereocenters. The van der Waals surface area contributed by atoms with Gasteiger partial charge in [0, 0.05) is 0 Å². The second kappa shape index (κ2) is 9.03. The fourth-order valence-corrected chi connectivity index (χ4v) is 3.88. The van der Waals surface area contributed by atoms with Gasteiger partial charge < -0.3 is 14.4 Å². The van der Waals surface area contributed by atoms with E-state index in [2.05, 4.69) is 14.1 Å². The number of fused-ring (bicyclic) bond motifs is 1. The van der Waals surface area contributed by atoms with Crippen LogP contribution in [0.3, 0.4) is 0 Å². The van der Waals surface area contributed by atoms with Gasteiger partial charge in [-0.2, -0.15) is 0 Å². The van der Waals surface area contributed by atoms with Gasteiger partial charge >= 0.3 is 0 Å². The lowest BCUT2D eigenvalue weighted by Gasteiger charge is -2.20. The van der Waals surface area contributed by atoms with Crippen LogP contribution in [0.15, 0.2) is 42.5 Å². The minimum Gasteiger partial charge on any atom is -0.494 e. The number of ether oxygens (including phenoxy) is 2. The number of nitrogens with one attached hydrogen (secondary N) is 1. The summed E-state index contributed by atoms with van der Waals surface area (Å²) < 4.78 is 12.2. The summed E-state index contributed by atoms with van der Waals surface area (Å²) in [5.74, 6) is 1.28. The Morgan fingerprint density at radius 3 is 2.61 bits per heavy atom. The normalized spacial score (nSPS) is 11.0. The fourth-order valence-electron chi connectivity index (χ4n) is 2.78. The van der Waals surface area contributed by atoms with Gasteiger partial charge in [-0.15, -0.1) is 0 Å². The van der Waals surface area contributed by atoms with Crippen LogP contribution in [0.4, 0.5) is 5.13 Å². The first kappa shape index (κ1) is 20.1. The monoisotopic (exact) mass is 400 g/mol. The number of carbonyl (C=O) groups is 1. The quantitative estimate of drug-likeness (QED) is 0.630. The molecule has 0 radical (unpaired) electrons. The van der Waals surface area contributed by atoms with Crippen LogP contribution in [-0.2, 0) is 4.79 Å². The number of hydrogen-bond donors (Lipinski definition) is 1. The zero-order valence-corrected chi connectivity index (χ0v) is 17.5. The van der Waals surface area contributed by atoms with E-state index >= 15 is 0 Å². The first-order chi connectivity index (χ1) is 13.5. The number of benzene rings is 2. The third kappa shape index (κ3) is 4.61. The Balaban J connectivity index is 1.87. The van der Waals surface area contributed by atoms with Crippen LogP contribution in [-0.4, -0.2) is 51.8 Å². The summed E-state index contributed by atoms with van der Waals surface area (Å²) >= 11 is 1.51. The lowest BCUT2D eigenvalue weighted by Crippen LogP contribution is -3.06. The molecule has 0 aliphatic carbocycles. The number of amides is 1. The highest BCUT2D eigenvalue weighted by Gasteiger charge is 2.23. The van der Waals surface area contributed by atoms with Gasteiger partial charge in [0.25, 0.3) is 5.91 Å². The van der Waals surface area contributed by atoms with E-state index in [9.17, 15) is 4.79 Å². The van der Waals surface area contributed by atoms with Gasteiger partial charge in [-0.25, -0.2) is 4.98 Å². The highest BCUT2D eigenvalue weighted by molar-refractivity contribution is 7.22. The summed E-state index contributed by atoms with van der Waals surface area (Å²) in [5.41, 5.74) is 1.91. The Labute approximate surface area is 169 Å². The zero-order chi connectivity index (χ0) is 20.1. The van der Waals surface area contributed by atoms with Crippen molar-refractivity contribution in [2.45, 2.75) is 6.92 Å². The molecule has 0 spiro atoms. The number of aromatic nitrogens is 1. The van der Waals surface area contributed by atoms with Crippen LogP contribution in [0.25, 0.3) is 10.2 Å². The van der Waals surface area contributed by atoms with Gasteiger partial charge in [0.15, 0.2) is 11.7 Å². The second-order valence-corrected chi connectivity index (χ2v) is 7.84. The molecule has 1 amide bonds. The standard InChI is InChI=1S/C21H25N3O3S/c1-15-10-11-17(26-4)19-20(15)28-21(22-19)24(13-12-23(2)3)18(25)14-27-16-8-6-5-7-9-16/h5-11H,12-14H2,1-4H3/p+1. The number of methoxy groups -OCH3 is 1. The molecule has 0 aliphatic heterocycles. The largest absolute Gasteiger partial charge is 0.494 e. The fraction of sp³-hybridized carbons (Fsp3) is 0.333. The molecule has 3 aromatic rings. The van der Waals surface area contributed by atoms with Crippen LogP contribution >= 0.6 is 11.3 Å². The van der Waals surface area contributed by atoms with E-state index in [1.54, 1.807) is 12.0 Å². The van der Waals surface area contributed by atoms with Crippen molar-refractivity contribution in [3.05, 3.63) is 48.0 Å². The van der Waals surface area contributed by atoms with Crippen LogP contribution in [0, 0.1) is 6.92 Å². The maximum atomic E-state index is 13.0. The van der Waals surface area contributed by atoms with Crippen molar-refractivity contribution in [3.63, 3.8) is 0 Å². The third-order valence-electron chi connectivity index (χ3n) is 4.38. The number of thiazole rings is 1. The number of rotatable bonds is 8. The predicted octanol–water partition coefficient (Wildman–Crippen LogP) is 2.17. The van der Waals surface area contributed by atoms with Crippen LogP contribution in [0.5, 0.6) is 11.5 Å². The van der Waals surface area contributed by atoms with E-state index in [0.717, 1.165) is 22.3 Å². The lowest BCUT2D eigenvalue weighted by atomic mass is 10.2. The Morgan fingerprint density at radius 2 is 1.93 bits per heavy atom. The summed E-state index contributed by atoms with van der Waals surface area (Å²) in [6, 6.07) is 13.3. The van der Waals surface area contributed by atoms with Crippen LogP contribution in [0.2, 0.25) is 0 Å². The maximum absolute atomic E-state index is 13.0. The SMILES string of the molecule is COc1ccc(C)c2sc(N(CC[NH+](C)C)C(=O)COc3ccccc3)nc12. The second-order valence-electron chi connectivity index (χ2n) is 6.86. The maximum Gasteiger partial charge on any atom is 0.266 e. The summed E-state index contributed by atoms with van der Waals surface area (Å²) in [6.07, 6.45) is 0. The zero-order valence-electron chi connectivity index (χ0n) is 16.7. The number of anilines is 1. The lowest BCUT2D eigenvalue weighted by molar-refractivity contribution is -0.856. The summed E-state index contributed by atoms with van der Waals surface area (Å²) in [5, 5.41) is 0.672. The van der Waals surface area contributed by atoms with E-state index in [4.69, 9.17) is 14.5 Å². The van der Waals surface area contributed by atoms with E-state index in [1.807, 2.05) is 49.4 Å². The molecule has 0 fully saturated rings. The number of likely N-dealkylation sites (N-methyl/N-ethyl adjacent to an activating group) is 1. The van der Waals surface area contributed by atoms with E-state index in [1.165, 1.54) is 16.2 Å².